The lowest BCUT2D eigenvalue weighted by Gasteiger charge is -2.40. The predicted molar refractivity (Wildman–Crippen MR) is 145 cm³/mol. The van der Waals surface area contributed by atoms with Crippen LogP contribution in [0.15, 0.2) is 58.5 Å². The molecule has 0 fully saturated rings. The Balaban J connectivity index is 1.56. The molecule has 0 aliphatic carbocycles. The summed E-state index contributed by atoms with van der Waals surface area (Å²) in [5, 5.41) is 21.7. The summed E-state index contributed by atoms with van der Waals surface area (Å²) >= 11 is 0. The van der Waals surface area contributed by atoms with Crippen molar-refractivity contribution in [2.75, 3.05) is 4.90 Å². The number of fused-ring (bicyclic) bond motifs is 3. The van der Waals surface area contributed by atoms with Crippen molar-refractivity contribution in [2.24, 2.45) is 0 Å². The number of anilines is 1. The van der Waals surface area contributed by atoms with E-state index < -0.39 is 21.8 Å². The number of allylic oxidation sites excluding steroid dienone is 4. The maximum Gasteiger partial charge on any atom is 0.294 e. The van der Waals surface area contributed by atoms with E-state index >= 15 is 0 Å². The number of hydrogen-bond donors (Lipinski definition) is 3. The van der Waals surface area contributed by atoms with Crippen LogP contribution in [0.5, 0.6) is 11.5 Å². The highest BCUT2D eigenvalue weighted by molar-refractivity contribution is 7.85. The molecule has 0 saturated carbocycles. The lowest BCUT2D eigenvalue weighted by Crippen LogP contribution is -2.49. The molecular formula is C29H35NO7S. The van der Waals surface area contributed by atoms with Crippen LogP contribution in [0.4, 0.5) is 5.69 Å². The summed E-state index contributed by atoms with van der Waals surface area (Å²) in [5.41, 5.74) is 3.50. The molecule has 1 amide bonds. The van der Waals surface area contributed by atoms with E-state index in [4.69, 9.17) is 4.74 Å². The Morgan fingerprint density at radius 1 is 1.13 bits per heavy atom. The van der Waals surface area contributed by atoms with Crippen LogP contribution in [0, 0.1) is 0 Å². The van der Waals surface area contributed by atoms with Crippen molar-refractivity contribution in [2.45, 2.75) is 82.9 Å². The molecule has 0 saturated heterocycles. The van der Waals surface area contributed by atoms with Crippen LogP contribution in [0.3, 0.4) is 0 Å². The van der Waals surface area contributed by atoms with E-state index in [-0.39, 0.29) is 29.5 Å². The number of aromatic hydroxyl groups is 1. The Kier molecular flexibility index (Phi) is 7.74. The van der Waals surface area contributed by atoms with E-state index in [0.29, 0.717) is 34.5 Å². The number of carbonyl (C=O) groups is 1. The van der Waals surface area contributed by atoms with Gasteiger partial charge in [-0.15, -0.1) is 0 Å². The van der Waals surface area contributed by atoms with E-state index in [9.17, 15) is 28.0 Å². The van der Waals surface area contributed by atoms with Gasteiger partial charge in [0, 0.05) is 23.2 Å². The second kappa shape index (κ2) is 10.6. The largest absolute Gasteiger partial charge is 0.508 e. The number of nitrogens with zero attached hydrogens (tertiary/aromatic N) is 1. The molecule has 8 nitrogen and oxygen atoms in total. The number of phenols is 1. The van der Waals surface area contributed by atoms with Crippen LogP contribution in [-0.2, 0) is 23.1 Å². The number of rotatable bonds is 8. The highest BCUT2D eigenvalue weighted by Gasteiger charge is 2.44. The summed E-state index contributed by atoms with van der Waals surface area (Å²) in [7, 11) is -4.35. The molecule has 0 bridgehead atoms. The molecule has 9 heteroatoms. The summed E-state index contributed by atoms with van der Waals surface area (Å²) in [6.45, 7) is 8.28. The molecule has 3 N–H and O–H groups in total. The van der Waals surface area contributed by atoms with Crippen molar-refractivity contribution < 1.29 is 32.7 Å². The number of carbonyl (C=O) groups excluding carboxylic acids is 1. The highest BCUT2D eigenvalue weighted by Crippen LogP contribution is 2.47. The third kappa shape index (κ3) is 5.65. The van der Waals surface area contributed by atoms with E-state index in [1.165, 1.54) is 46.4 Å². The predicted octanol–water partition coefficient (Wildman–Crippen LogP) is 5.33. The number of benzene rings is 2. The summed E-state index contributed by atoms with van der Waals surface area (Å²) < 4.78 is 38.4. The van der Waals surface area contributed by atoms with Gasteiger partial charge >= 0.3 is 0 Å². The van der Waals surface area contributed by atoms with Crippen LogP contribution in [0.25, 0.3) is 0 Å². The highest BCUT2D eigenvalue weighted by atomic mass is 32.2. The van der Waals surface area contributed by atoms with E-state index in [2.05, 4.69) is 32.9 Å². The second-order valence-corrected chi connectivity index (χ2v) is 12.1. The zero-order valence-corrected chi connectivity index (χ0v) is 23.0. The lowest BCUT2D eigenvalue weighted by molar-refractivity contribution is -0.0597. The molecule has 2 aromatic carbocycles. The Morgan fingerprint density at radius 2 is 1.82 bits per heavy atom. The van der Waals surface area contributed by atoms with Crippen molar-refractivity contribution >= 4 is 21.7 Å². The normalized spacial score (nSPS) is 21.1. The topological polar surface area (TPSA) is 124 Å². The molecule has 0 aromatic heterocycles. The van der Waals surface area contributed by atoms with Crippen LogP contribution >= 0.6 is 0 Å². The zero-order chi connectivity index (χ0) is 27.8. The number of aliphatic hydroxyl groups is 1. The molecule has 2 atom stereocenters. The number of amides is 1. The van der Waals surface area contributed by atoms with Crippen molar-refractivity contribution in [3.63, 3.8) is 0 Å². The average molecular weight is 542 g/mol. The Labute approximate surface area is 224 Å². The fraction of sp³-hybridized carbons (Fsp3) is 0.414. The van der Waals surface area contributed by atoms with Crippen LogP contribution in [0.2, 0.25) is 0 Å². The van der Waals surface area contributed by atoms with Gasteiger partial charge in [0.1, 0.15) is 17.1 Å². The fourth-order valence-electron chi connectivity index (χ4n) is 5.01. The third-order valence-corrected chi connectivity index (χ3v) is 8.23. The lowest BCUT2D eigenvalue weighted by atomic mass is 9.84. The number of hydrogen-bond acceptors (Lipinski definition) is 6. The Morgan fingerprint density at radius 3 is 2.45 bits per heavy atom. The first-order valence-electron chi connectivity index (χ1n) is 12.7. The maximum absolute atomic E-state index is 13.2. The van der Waals surface area contributed by atoms with Gasteiger partial charge in [-0.1, -0.05) is 23.3 Å². The minimum atomic E-state index is -4.35. The van der Waals surface area contributed by atoms with Crippen LogP contribution in [-0.4, -0.2) is 40.8 Å². The fourth-order valence-corrected chi connectivity index (χ4v) is 5.49. The van der Waals surface area contributed by atoms with Crippen molar-refractivity contribution in [3.05, 3.63) is 70.3 Å². The molecule has 38 heavy (non-hydrogen) atoms. The smallest absolute Gasteiger partial charge is 0.294 e. The molecule has 2 aliphatic heterocycles. The molecule has 2 aromatic rings. The van der Waals surface area contributed by atoms with Gasteiger partial charge in [0.15, 0.2) is 0 Å². The molecule has 2 aliphatic rings. The minimum Gasteiger partial charge on any atom is -0.508 e. The van der Waals surface area contributed by atoms with Crippen molar-refractivity contribution in [1.82, 2.24) is 0 Å². The quantitative estimate of drug-likeness (QED) is 0.305. The first-order valence-corrected chi connectivity index (χ1v) is 14.2. The summed E-state index contributed by atoms with van der Waals surface area (Å²) in [6.07, 6.45) is 6.99. The first kappa shape index (κ1) is 27.9. The third-order valence-electron chi connectivity index (χ3n) is 7.36. The molecule has 0 spiro atoms. The van der Waals surface area contributed by atoms with Gasteiger partial charge in [0.2, 0.25) is 0 Å². The molecule has 0 unspecified atom stereocenters. The number of phenolic OH excluding ortho intramolecular Hbond substituents is 1. The van der Waals surface area contributed by atoms with Gasteiger partial charge in [-0.2, -0.15) is 8.42 Å². The molecular weight excluding hydrogens is 506 g/mol. The van der Waals surface area contributed by atoms with E-state index in [0.717, 1.165) is 19.3 Å². The molecule has 0 radical (unpaired) electrons. The minimum absolute atomic E-state index is 0.105. The van der Waals surface area contributed by atoms with Gasteiger partial charge in [0.25, 0.3) is 16.0 Å². The Bertz CT molecular complexity index is 1410. The zero-order valence-electron chi connectivity index (χ0n) is 22.2. The first-order chi connectivity index (χ1) is 17.8. The van der Waals surface area contributed by atoms with Gasteiger partial charge in [-0.3, -0.25) is 9.35 Å². The molecule has 204 valence electrons. The monoisotopic (exact) mass is 541 g/mol. The van der Waals surface area contributed by atoms with Crippen molar-refractivity contribution in [3.8, 4) is 11.5 Å². The SMILES string of the molecule is CC(C)=CCCC(C)=CCC[C@]1(C)Oc2c(c(O)cc3c2CN(c2ccc(S(=O)(=O)O)cc2)C3=O)C[C@@H]1O. The average Bonchev–Trinajstić information content (AvgIpc) is 3.16. The summed E-state index contributed by atoms with van der Waals surface area (Å²) in [6, 6.07) is 6.75. The van der Waals surface area contributed by atoms with Crippen molar-refractivity contribution in [1.29, 1.82) is 0 Å². The van der Waals surface area contributed by atoms with Gasteiger partial charge in [0.05, 0.1) is 23.1 Å². The van der Waals surface area contributed by atoms with E-state index in [1.807, 2.05) is 6.92 Å². The standard InChI is InChI=1S/C29H35NO7S/c1-18(2)7-5-8-19(3)9-6-14-29(4)26(32)16-23-25(31)15-22-24(27(23)37-29)17-30(28(22)33)20-10-12-21(13-11-20)38(34,35)36/h7,9-13,15,26,31-32H,5-6,8,14,16-17H2,1-4H3,(H,34,35,36)/t26-,29-/m0/s1. The molecule has 2 heterocycles. The number of ether oxygens (including phenoxy) is 1. The van der Waals surface area contributed by atoms with Gasteiger partial charge in [-0.05, 0) is 83.7 Å². The summed E-state index contributed by atoms with van der Waals surface area (Å²) in [4.78, 5) is 14.4. The maximum atomic E-state index is 13.2. The van der Waals surface area contributed by atoms with Crippen LogP contribution < -0.4 is 9.64 Å². The second-order valence-electron chi connectivity index (χ2n) is 10.6. The van der Waals surface area contributed by atoms with Crippen LogP contribution in [0.1, 0.15) is 74.9 Å². The van der Waals surface area contributed by atoms with E-state index in [1.54, 1.807) is 0 Å². The van der Waals surface area contributed by atoms with Gasteiger partial charge in [-0.25, -0.2) is 0 Å². The van der Waals surface area contributed by atoms with Gasteiger partial charge < -0.3 is 19.8 Å². The molecule has 4 rings (SSSR count). The Hall–Kier alpha value is -3.14. The summed E-state index contributed by atoms with van der Waals surface area (Å²) in [5.74, 6) is -0.0432. The number of aliphatic hydroxyl groups excluding tert-OH is 1.